The summed E-state index contributed by atoms with van der Waals surface area (Å²) >= 11 is 1.22. The van der Waals surface area contributed by atoms with E-state index in [9.17, 15) is 9.18 Å². The molecule has 1 aromatic heterocycles. The van der Waals surface area contributed by atoms with E-state index in [2.05, 4.69) is 15.5 Å². The molecule has 0 bridgehead atoms. The minimum atomic E-state index is -0.469. The molecule has 0 aliphatic heterocycles. The number of halogens is 1. The summed E-state index contributed by atoms with van der Waals surface area (Å²) in [4.78, 5) is 11.6. The van der Waals surface area contributed by atoms with E-state index >= 15 is 0 Å². The zero-order chi connectivity index (χ0) is 14.7. The van der Waals surface area contributed by atoms with E-state index in [4.69, 9.17) is 5.73 Å². The van der Waals surface area contributed by atoms with Crippen molar-refractivity contribution < 1.29 is 9.18 Å². The number of nitrogens with two attached hydrogens (primary N) is 1. The molecular formula is C13H15FN4OS. The molecule has 20 heavy (non-hydrogen) atoms. The summed E-state index contributed by atoms with van der Waals surface area (Å²) in [5.74, 6) is -0.288. The third-order valence-electron chi connectivity index (χ3n) is 2.51. The highest BCUT2D eigenvalue weighted by Gasteiger charge is 2.11. The van der Waals surface area contributed by atoms with Gasteiger partial charge in [-0.3, -0.25) is 4.79 Å². The molecule has 3 N–H and O–H groups in total. The van der Waals surface area contributed by atoms with Crippen LogP contribution in [0.1, 0.15) is 20.3 Å². The van der Waals surface area contributed by atoms with Crippen molar-refractivity contribution in [2.45, 2.75) is 20.3 Å². The Hall–Kier alpha value is -2.02. The van der Waals surface area contributed by atoms with Gasteiger partial charge in [0.25, 0.3) is 0 Å². The third-order valence-corrected chi connectivity index (χ3v) is 3.40. The Kier molecular flexibility index (Phi) is 4.29. The van der Waals surface area contributed by atoms with Crippen molar-refractivity contribution >= 4 is 28.1 Å². The van der Waals surface area contributed by atoms with Crippen LogP contribution in [0.5, 0.6) is 0 Å². The first-order valence-corrected chi connectivity index (χ1v) is 6.96. The van der Waals surface area contributed by atoms with Crippen LogP contribution in [-0.2, 0) is 4.79 Å². The number of nitrogen functional groups attached to an aromatic ring is 1. The highest BCUT2D eigenvalue weighted by atomic mass is 32.1. The quantitative estimate of drug-likeness (QED) is 0.850. The molecule has 106 valence electrons. The third kappa shape index (κ3) is 3.51. The summed E-state index contributed by atoms with van der Waals surface area (Å²) < 4.78 is 13.1. The summed E-state index contributed by atoms with van der Waals surface area (Å²) in [7, 11) is 0. The van der Waals surface area contributed by atoms with Crippen LogP contribution in [0.2, 0.25) is 0 Å². The molecule has 2 rings (SSSR count). The predicted molar refractivity (Wildman–Crippen MR) is 77.8 cm³/mol. The van der Waals surface area contributed by atoms with Gasteiger partial charge in [-0.2, -0.15) is 0 Å². The molecule has 2 aromatic rings. The maximum atomic E-state index is 13.1. The van der Waals surface area contributed by atoms with E-state index in [1.807, 2.05) is 13.8 Å². The molecule has 0 spiro atoms. The smallest absolute Gasteiger partial charge is 0.226 e. The van der Waals surface area contributed by atoms with Gasteiger partial charge in [0.05, 0.1) is 5.69 Å². The fourth-order valence-electron chi connectivity index (χ4n) is 1.61. The summed E-state index contributed by atoms with van der Waals surface area (Å²) in [6.07, 6.45) is 0.429. The summed E-state index contributed by atoms with van der Waals surface area (Å²) in [5, 5.41) is 11.6. The number of carbonyl (C=O) groups excluding carboxylic acids is 1. The number of carbonyl (C=O) groups is 1. The van der Waals surface area contributed by atoms with Crippen molar-refractivity contribution in [2.24, 2.45) is 5.92 Å². The molecule has 1 aromatic carbocycles. The zero-order valence-electron chi connectivity index (χ0n) is 11.2. The SMILES string of the molecule is CC(C)CC(=O)Nc1nnc(-c2ccc(F)c(N)c2)s1. The molecular weight excluding hydrogens is 279 g/mol. The second-order valence-electron chi connectivity index (χ2n) is 4.79. The molecule has 0 saturated carbocycles. The van der Waals surface area contributed by atoms with Crippen LogP contribution in [0, 0.1) is 11.7 Å². The molecule has 5 nitrogen and oxygen atoms in total. The van der Waals surface area contributed by atoms with E-state index < -0.39 is 5.82 Å². The van der Waals surface area contributed by atoms with Crippen LogP contribution in [0.25, 0.3) is 10.6 Å². The second kappa shape index (κ2) is 5.96. The summed E-state index contributed by atoms with van der Waals surface area (Å²) in [6.45, 7) is 3.93. The molecule has 0 radical (unpaired) electrons. The fraction of sp³-hybridized carbons (Fsp3) is 0.308. The maximum Gasteiger partial charge on any atom is 0.226 e. The molecule has 0 fully saturated rings. The van der Waals surface area contributed by atoms with E-state index in [1.165, 1.54) is 23.5 Å². The topological polar surface area (TPSA) is 80.9 Å². The van der Waals surface area contributed by atoms with Gasteiger partial charge in [-0.1, -0.05) is 25.2 Å². The van der Waals surface area contributed by atoms with Gasteiger partial charge in [0, 0.05) is 12.0 Å². The monoisotopic (exact) mass is 294 g/mol. The molecule has 0 unspecified atom stereocenters. The van der Waals surface area contributed by atoms with Crippen LogP contribution in [0.4, 0.5) is 15.2 Å². The van der Waals surface area contributed by atoms with E-state index in [0.29, 0.717) is 22.1 Å². The van der Waals surface area contributed by atoms with Crippen molar-refractivity contribution in [3.05, 3.63) is 24.0 Å². The number of hydrogen-bond acceptors (Lipinski definition) is 5. The minimum absolute atomic E-state index is 0.0584. The van der Waals surface area contributed by atoms with E-state index in [1.54, 1.807) is 6.07 Å². The van der Waals surface area contributed by atoms with Gasteiger partial charge in [0.15, 0.2) is 0 Å². The first kappa shape index (κ1) is 14.4. The van der Waals surface area contributed by atoms with E-state index in [-0.39, 0.29) is 17.5 Å². The second-order valence-corrected chi connectivity index (χ2v) is 5.77. The van der Waals surface area contributed by atoms with Crippen molar-refractivity contribution in [2.75, 3.05) is 11.1 Å². The van der Waals surface area contributed by atoms with Gasteiger partial charge in [-0.15, -0.1) is 10.2 Å². The molecule has 7 heteroatoms. The summed E-state index contributed by atoms with van der Waals surface area (Å²) in [5.41, 5.74) is 6.24. The fourth-order valence-corrected chi connectivity index (χ4v) is 2.36. The number of hydrogen-bond donors (Lipinski definition) is 2. The Morgan fingerprint density at radius 1 is 1.45 bits per heavy atom. The average Bonchev–Trinajstić information content (AvgIpc) is 2.80. The number of nitrogens with zero attached hydrogens (tertiary/aromatic N) is 2. The number of nitrogens with one attached hydrogen (secondary N) is 1. The molecule has 0 aliphatic carbocycles. The average molecular weight is 294 g/mol. The number of amides is 1. The first-order chi connectivity index (χ1) is 9.45. The van der Waals surface area contributed by atoms with Gasteiger partial charge in [-0.25, -0.2) is 4.39 Å². The van der Waals surface area contributed by atoms with Gasteiger partial charge in [0.2, 0.25) is 11.0 Å². The van der Waals surface area contributed by atoms with Gasteiger partial charge >= 0.3 is 0 Å². The Morgan fingerprint density at radius 3 is 2.85 bits per heavy atom. The van der Waals surface area contributed by atoms with Crippen LogP contribution >= 0.6 is 11.3 Å². The molecule has 1 heterocycles. The molecule has 0 aliphatic rings. The van der Waals surface area contributed by atoms with E-state index in [0.717, 1.165) is 0 Å². The number of benzene rings is 1. The Bertz CT molecular complexity index is 627. The van der Waals surface area contributed by atoms with Crippen LogP contribution in [0.3, 0.4) is 0 Å². The van der Waals surface area contributed by atoms with Crippen LogP contribution < -0.4 is 11.1 Å². The Labute approximate surface area is 120 Å². The molecule has 0 saturated heterocycles. The lowest BCUT2D eigenvalue weighted by atomic mass is 10.1. The highest BCUT2D eigenvalue weighted by Crippen LogP contribution is 2.28. The van der Waals surface area contributed by atoms with Crippen molar-refractivity contribution in [3.8, 4) is 10.6 Å². The zero-order valence-corrected chi connectivity index (χ0v) is 12.0. The standard InChI is InChI=1S/C13H15FN4OS/c1-7(2)5-11(19)16-13-18-17-12(20-13)8-3-4-9(14)10(15)6-8/h3-4,6-7H,5,15H2,1-2H3,(H,16,18,19). The number of aromatic nitrogens is 2. The summed E-state index contributed by atoms with van der Waals surface area (Å²) in [6, 6.07) is 4.35. The van der Waals surface area contributed by atoms with Gasteiger partial charge < -0.3 is 11.1 Å². The first-order valence-electron chi connectivity index (χ1n) is 6.14. The largest absolute Gasteiger partial charge is 0.396 e. The number of rotatable bonds is 4. The van der Waals surface area contributed by atoms with Gasteiger partial charge in [0.1, 0.15) is 10.8 Å². The van der Waals surface area contributed by atoms with Gasteiger partial charge in [-0.05, 0) is 24.1 Å². The minimum Gasteiger partial charge on any atom is -0.396 e. The van der Waals surface area contributed by atoms with Crippen molar-refractivity contribution in [1.82, 2.24) is 10.2 Å². The van der Waals surface area contributed by atoms with Crippen LogP contribution in [0.15, 0.2) is 18.2 Å². The van der Waals surface area contributed by atoms with Crippen LogP contribution in [-0.4, -0.2) is 16.1 Å². The number of anilines is 2. The Balaban J connectivity index is 2.12. The lowest BCUT2D eigenvalue weighted by Crippen LogP contribution is -2.13. The van der Waals surface area contributed by atoms with Crippen molar-refractivity contribution in [1.29, 1.82) is 0 Å². The lowest BCUT2D eigenvalue weighted by Gasteiger charge is -2.02. The molecule has 0 atom stereocenters. The predicted octanol–water partition coefficient (Wildman–Crippen LogP) is 2.91. The highest BCUT2D eigenvalue weighted by molar-refractivity contribution is 7.18. The normalized spacial score (nSPS) is 10.8. The maximum absolute atomic E-state index is 13.1. The lowest BCUT2D eigenvalue weighted by molar-refractivity contribution is -0.116. The molecule has 1 amide bonds. The Morgan fingerprint density at radius 2 is 2.20 bits per heavy atom. The van der Waals surface area contributed by atoms with Crippen molar-refractivity contribution in [3.63, 3.8) is 0 Å².